The Morgan fingerprint density at radius 1 is 0.823 bits per heavy atom. The fourth-order valence-electron chi connectivity index (χ4n) is 9.41. The standard InChI is InChI=1S/C53H68N4O5/c1-12-38-34(8)41-27-43-36(10)40(23-24-47(58)61-26-25-33(7)22-16-21-32(6)20-15-19-31(5)18-14-17-30(3)4)49(56-43)48-50-52(62-53(60)51(48)59)37(11)44(57-50)29-46-39(13-2)35(9)42(55-46)28-45(38)54-41/h12,25,27-32,36,40H,1,13-24,26H2,2-11H3. The minimum absolute atomic E-state index is 0.116. The Labute approximate surface area is 370 Å². The van der Waals surface area contributed by atoms with Crippen LogP contribution in [0.3, 0.4) is 0 Å². The van der Waals surface area contributed by atoms with Crippen LogP contribution in [0.4, 0.5) is 0 Å². The summed E-state index contributed by atoms with van der Waals surface area (Å²) in [5, 5.41) is 0. The van der Waals surface area contributed by atoms with Gasteiger partial charge in [-0.15, -0.1) is 0 Å². The lowest BCUT2D eigenvalue weighted by atomic mass is 9.83. The summed E-state index contributed by atoms with van der Waals surface area (Å²) >= 11 is 0. The van der Waals surface area contributed by atoms with Crippen molar-refractivity contribution < 1.29 is 23.9 Å². The first-order valence-corrected chi connectivity index (χ1v) is 23.2. The summed E-state index contributed by atoms with van der Waals surface area (Å²) in [5.41, 5.74) is 11.0. The molecular formula is C53H68N4O5. The van der Waals surface area contributed by atoms with Crippen LogP contribution in [0.15, 0.2) is 124 Å². The van der Waals surface area contributed by atoms with E-state index in [0.29, 0.717) is 35.0 Å². The van der Waals surface area contributed by atoms with Crippen LogP contribution in [-0.2, 0) is 23.9 Å². The molecule has 9 nitrogen and oxygen atoms in total. The van der Waals surface area contributed by atoms with E-state index < -0.39 is 11.8 Å². The summed E-state index contributed by atoms with van der Waals surface area (Å²) in [5.74, 6) is -0.123. The molecule has 0 aliphatic carbocycles. The van der Waals surface area contributed by atoms with Crippen molar-refractivity contribution in [1.82, 2.24) is 0 Å². The molecule has 1 saturated heterocycles. The van der Waals surface area contributed by atoms with Crippen LogP contribution in [0, 0.1) is 29.6 Å². The monoisotopic (exact) mass is 841 g/mol. The number of Topliss-reactive ketones (excluding diaryl/α,β-unsaturated/α-hetero) is 1. The Morgan fingerprint density at radius 2 is 1.45 bits per heavy atom. The highest BCUT2D eigenvalue weighted by atomic mass is 16.5. The summed E-state index contributed by atoms with van der Waals surface area (Å²) < 4.78 is 11.4. The van der Waals surface area contributed by atoms with Crippen LogP contribution < -0.4 is 0 Å². The first-order chi connectivity index (χ1) is 29.6. The molecule has 4 unspecified atom stereocenters. The zero-order valence-corrected chi connectivity index (χ0v) is 39.0. The zero-order chi connectivity index (χ0) is 44.8. The largest absolute Gasteiger partial charge is 0.461 e. The lowest BCUT2D eigenvalue weighted by molar-refractivity contribution is -0.149. The van der Waals surface area contributed by atoms with Crippen LogP contribution in [0.2, 0.25) is 0 Å². The summed E-state index contributed by atoms with van der Waals surface area (Å²) in [6, 6.07) is 0. The number of allylic oxidation sites excluding steroid dienone is 12. The van der Waals surface area contributed by atoms with Gasteiger partial charge in [-0.2, -0.15) is 0 Å². The maximum Gasteiger partial charge on any atom is 0.385 e. The number of aliphatic imine (C=N–C) groups is 4. The molecule has 0 radical (unpaired) electrons. The lowest BCUT2D eigenvalue weighted by Crippen LogP contribution is -2.33. The van der Waals surface area contributed by atoms with E-state index in [1.165, 1.54) is 50.5 Å². The summed E-state index contributed by atoms with van der Waals surface area (Å²) in [4.78, 5) is 60.6. The van der Waals surface area contributed by atoms with Crippen molar-refractivity contribution in [3.8, 4) is 0 Å². The molecular weight excluding hydrogens is 773 g/mol. The van der Waals surface area contributed by atoms with Crippen LogP contribution in [0.25, 0.3) is 0 Å². The van der Waals surface area contributed by atoms with E-state index in [-0.39, 0.29) is 47.9 Å². The number of rotatable bonds is 19. The van der Waals surface area contributed by atoms with Crippen molar-refractivity contribution in [1.29, 1.82) is 0 Å². The molecule has 0 aromatic rings. The van der Waals surface area contributed by atoms with Gasteiger partial charge in [0, 0.05) is 35.1 Å². The number of ether oxygens (including phenoxy) is 2. The summed E-state index contributed by atoms with van der Waals surface area (Å²) in [7, 11) is 0. The van der Waals surface area contributed by atoms with Gasteiger partial charge in [-0.1, -0.05) is 105 Å². The van der Waals surface area contributed by atoms with Gasteiger partial charge in [0.25, 0.3) is 5.78 Å². The third kappa shape index (κ3) is 10.4. The number of ketones is 1. The Hall–Kier alpha value is -5.05. The van der Waals surface area contributed by atoms with Gasteiger partial charge < -0.3 is 9.47 Å². The van der Waals surface area contributed by atoms with Crippen molar-refractivity contribution in [3.05, 3.63) is 105 Å². The number of fused-ring (bicyclic) bond motifs is 4. The van der Waals surface area contributed by atoms with Crippen LogP contribution in [0.5, 0.6) is 0 Å². The molecule has 8 bridgehead atoms. The lowest BCUT2D eigenvalue weighted by Gasteiger charge is -2.22. The molecule has 0 saturated carbocycles. The van der Waals surface area contributed by atoms with Crippen molar-refractivity contribution >= 4 is 40.6 Å². The number of carbonyl (C=O) groups excluding carboxylic acids is 3. The van der Waals surface area contributed by atoms with Crippen LogP contribution in [-0.4, -0.2) is 47.2 Å². The molecule has 6 rings (SSSR count). The average molecular weight is 841 g/mol. The van der Waals surface area contributed by atoms with E-state index in [2.05, 4.69) is 55.0 Å². The maximum absolute atomic E-state index is 13.9. The number of hydrogen-bond donors (Lipinski definition) is 0. The van der Waals surface area contributed by atoms with E-state index >= 15 is 0 Å². The molecule has 4 atom stereocenters. The van der Waals surface area contributed by atoms with Gasteiger partial charge in [-0.25, -0.2) is 19.8 Å². The molecule has 6 heterocycles. The van der Waals surface area contributed by atoms with Gasteiger partial charge in [0.15, 0.2) is 5.76 Å². The number of nitrogens with zero attached hydrogens (tertiary/aromatic N) is 4. The first-order valence-electron chi connectivity index (χ1n) is 23.2. The molecule has 1 fully saturated rings. The second-order valence-corrected chi connectivity index (χ2v) is 18.7. The van der Waals surface area contributed by atoms with Crippen LogP contribution in [0.1, 0.15) is 146 Å². The minimum Gasteiger partial charge on any atom is -0.461 e. The fraction of sp³-hybridized carbons (Fsp3) is 0.528. The first kappa shape index (κ1) is 46.5. The van der Waals surface area contributed by atoms with Crippen LogP contribution >= 0.6 is 0 Å². The summed E-state index contributed by atoms with van der Waals surface area (Å²) in [6.07, 6.45) is 22.2. The van der Waals surface area contributed by atoms with Gasteiger partial charge >= 0.3 is 11.9 Å². The molecule has 6 aliphatic heterocycles. The fourth-order valence-corrected chi connectivity index (χ4v) is 9.41. The molecule has 9 heteroatoms. The normalized spacial score (nSPS) is 22.1. The molecule has 0 aromatic carbocycles. The maximum atomic E-state index is 13.9. The highest BCUT2D eigenvalue weighted by Gasteiger charge is 2.45. The summed E-state index contributed by atoms with van der Waals surface area (Å²) in [6.45, 7) is 25.8. The smallest absolute Gasteiger partial charge is 0.385 e. The molecule has 0 aromatic heterocycles. The van der Waals surface area contributed by atoms with Gasteiger partial charge in [0.2, 0.25) is 0 Å². The number of carbonyl (C=O) groups is 3. The third-order valence-electron chi connectivity index (χ3n) is 13.5. The second-order valence-electron chi connectivity index (χ2n) is 18.7. The highest BCUT2D eigenvalue weighted by Crippen LogP contribution is 2.43. The highest BCUT2D eigenvalue weighted by molar-refractivity contribution is 6.53. The SMILES string of the molecule is C=CC1=C(C)C2=CC3=NC(=C4C(=O)C(=O)OC5=C(C)C(=CC6=NC(=CC1=N2)C(C)=C6CC)N=C54)C(CCC(=O)OCC=C(C)CCCC(C)CCCC(C)CCCC(C)C)C3C. The molecule has 0 N–H and O–H groups in total. The predicted molar refractivity (Wildman–Crippen MR) is 252 cm³/mol. The Bertz CT molecular complexity index is 2280. The number of esters is 2. The van der Waals surface area contributed by atoms with E-state index in [4.69, 9.17) is 29.4 Å². The zero-order valence-electron chi connectivity index (χ0n) is 39.0. The Morgan fingerprint density at radius 3 is 2.13 bits per heavy atom. The topological polar surface area (TPSA) is 119 Å². The van der Waals surface area contributed by atoms with E-state index in [9.17, 15) is 14.4 Å². The van der Waals surface area contributed by atoms with Gasteiger partial charge in [-0.05, 0) is 112 Å². The molecule has 0 amide bonds. The molecule has 62 heavy (non-hydrogen) atoms. The Kier molecular flexibility index (Phi) is 15.3. The van der Waals surface area contributed by atoms with Crippen molar-refractivity contribution in [2.45, 2.75) is 146 Å². The second kappa shape index (κ2) is 20.4. The van der Waals surface area contributed by atoms with Crippen molar-refractivity contribution in [2.75, 3.05) is 6.61 Å². The number of hydrogen-bond acceptors (Lipinski definition) is 9. The van der Waals surface area contributed by atoms with Gasteiger partial charge in [0.1, 0.15) is 12.3 Å². The molecule has 330 valence electrons. The average Bonchev–Trinajstić information content (AvgIpc) is 3.90. The molecule has 6 aliphatic rings. The quantitative estimate of drug-likeness (QED) is 0.0729. The van der Waals surface area contributed by atoms with E-state index in [1.807, 2.05) is 51.2 Å². The molecule has 0 spiro atoms. The third-order valence-corrected chi connectivity index (χ3v) is 13.5. The minimum atomic E-state index is -0.977. The van der Waals surface area contributed by atoms with Crippen molar-refractivity contribution in [2.24, 2.45) is 49.6 Å². The van der Waals surface area contributed by atoms with Gasteiger partial charge in [-0.3, -0.25) is 14.6 Å². The van der Waals surface area contributed by atoms with E-state index in [0.717, 1.165) is 76.2 Å². The van der Waals surface area contributed by atoms with Gasteiger partial charge in [0.05, 0.1) is 39.8 Å². The van der Waals surface area contributed by atoms with E-state index in [1.54, 1.807) is 0 Å². The predicted octanol–water partition coefficient (Wildman–Crippen LogP) is 12.3. The Balaban J connectivity index is 1.17. The van der Waals surface area contributed by atoms with Crippen molar-refractivity contribution in [3.63, 3.8) is 0 Å².